The second-order valence-corrected chi connectivity index (χ2v) is 8.91. The van der Waals surface area contributed by atoms with Crippen molar-refractivity contribution in [1.29, 1.82) is 0 Å². The van der Waals surface area contributed by atoms with Gasteiger partial charge in [-0.1, -0.05) is 121 Å². The van der Waals surface area contributed by atoms with Gasteiger partial charge in [-0.2, -0.15) is 0 Å². The fourth-order valence-corrected chi connectivity index (χ4v) is 5.19. The molecule has 0 fully saturated rings. The molecule has 1 aliphatic carbocycles. The van der Waals surface area contributed by atoms with Crippen LogP contribution < -0.4 is 10.4 Å². The van der Waals surface area contributed by atoms with Crippen LogP contribution in [0, 0.1) is 0 Å². The Morgan fingerprint density at radius 2 is 1.27 bits per heavy atom. The summed E-state index contributed by atoms with van der Waals surface area (Å²) in [5, 5.41) is 5.35. The number of hydrogen-bond donors (Lipinski definition) is 0. The van der Waals surface area contributed by atoms with Gasteiger partial charge in [0.1, 0.15) is 0 Å². The highest BCUT2D eigenvalue weighted by Crippen LogP contribution is 2.30. The fraction of sp³-hybridized carbons (Fsp3) is 0.0909. The van der Waals surface area contributed by atoms with Crippen LogP contribution in [0.2, 0.25) is 0 Å². The minimum atomic E-state index is 0.938. The Hall–Kier alpha value is -3.90. The summed E-state index contributed by atoms with van der Waals surface area (Å²) in [5.74, 6) is 0. The maximum Gasteiger partial charge on any atom is -0.00253 e. The Kier molecular flexibility index (Phi) is 5.13. The molecule has 0 heterocycles. The molecule has 0 bridgehead atoms. The highest BCUT2D eigenvalue weighted by Gasteiger charge is 2.09. The van der Waals surface area contributed by atoms with Gasteiger partial charge in [-0.25, -0.2) is 0 Å². The first-order chi connectivity index (χ1) is 16.3. The maximum atomic E-state index is 2.39. The normalized spacial score (nSPS) is 12.9. The number of hydrogen-bond acceptors (Lipinski definition) is 0. The first-order valence-corrected chi connectivity index (χ1v) is 11.8. The van der Waals surface area contributed by atoms with Crippen LogP contribution in [0.1, 0.15) is 29.5 Å². The van der Waals surface area contributed by atoms with Crippen molar-refractivity contribution >= 4 is 22.4 Å². The zero-order valence-electron chi connectivity index (χ0n) is 18.7. The Bertz CT molecular complexity index is 1580. The van der Waals surface area contributed by atoms with Crippen LogP contribution in [0.15, 0.2) is 115 Å². The standard InChI is InChI=1S/C33H26/c1-3-17-30-26(11-1)13-7-19-32(30)28-15-5-9-24(22-28)21-25-10-6-16-29(23-25)33-20-8-14-27-12-2-4-18-31(27)33/h1-7,9-19,22-23H,8,20-21H2. The third-order valence-electron chi connectivity index (χ3n) is 6.76. The van der Waals surface area contributed by atoms with Crippen molar-refractivity contribution in [2.24, 2.45) is 0 Å². The smallest absolute Gasteiger partial charge is 0.00253 e. The first kappa shape index (κ1) is 19.8. The van der Waals surface area contributed by atoms with E-state index >= 15 is 0 Å². The highest BCUT2D eigenvalue weighted by molar-refractivity contribution is 5.96. The average Bonchev–Trinajstić information content (AvgIpc) is 2.88. The molecule has 0 N–H and O–H groups in total. The summed E-state index contributed by atoms with van der Waals surface area (Å²) in [6.45, 7) is 0. The molecule has 5 aromatic rings. The molecular weight excluding hydrogens is 396 g/mol. The minimum Gasteiger partial charge on any atom is -0.0763 e. The molecule has 1 aliphatic rings. The van der Waals surface area contributed by atoms with E-state index in [1.807, 2.05) is 0 Å². The predicted molar refractivity (Wildman–Crippen MR) is 141 cm³/mol. The minimum absolute atomic E-state index is 0.938. The zero-order chi connectivity index (χ0) is 22.0. The lowest BCUT2D eigenvalue weighted by atomic mass is 9.91. The molecular formula is C33H26. The monoisotopic (exact) mass is 422 g/mol. The van der Waals surface area contributed by atoms with Crippen molar-refractivity contribution in [2.75, 3.05) is 0 Å². The maximum absolute atomic E-state index is 2.39. The molecule has 0 aromatic heterocycles. The average molecular weight is 423 g/mol. The van der Waals surface area contributed by atoms with Crippen LogP contribution in [0.5, 0.6) is 0 Å². The van der Waals surface area contributed by atoms with Gasteiger partial charge >= 0.3 is 0 Å². The van der Waals surface area contributed by atoms with Gasteiger partial charge in [-0.05, 0) is 73.9 Å². The molecule has 0 aliphatic heterocycles. The fourth-order valence-electron chi connectivity index (χ4n) is 5.19. The molecule has 33 heavy (non-hydrogen) atoms. The molecule has 0 spiro atoms. The van der Waals surface area contributed by atoms with Gasteiger partial charge in [0.05, 0.1) is 0 Å². The van der Waals surface area contributed by atoms with E-state index in [4.69, 9.17) is 0 Å². The number of fused-ring (bicyclic) bond motifs is 2. The van der Waals surface area contributed by atoms with Gasteiger partial charge in [0.25, 0.3) is 0 Å². The third kappa shape index (κ3) is 3.90. The predicted octanol–water partition coefficient (Wildman–Crippen LogP) is 6.87. The van der Waals surface area contributed by atoms with Crippen LogP contribution in [-0.4, -0.2) is 0 Å². The largest absolute Gasteiger partial charge is 0.0763 e. The molecule has 0 amide bonds. The van der Waals surface area contributed by atoms with Crippen LogP contribution >= 0.6 is 0 Å². The van der Waals surface area contributed by atoms with Crippen molar-refractivity contribution in [2.45, 2.75) is 19.3 Å². The van der Waals surface area contributed by atoms with E-state index in [1.165, 1.54) is 54.6 Å². The highest BCUT2D eigenvalue weighted by atomic mass is 14.1. The molecule has 0 nitrogen and oxygen atoms in total. The molecule has 158 valence electrons. The van der Waals surface area contributed by atoms with Gasteiger partial charge < -0.3 is 0 Å². The number of benzene rings is 5. The Labute approximate surface area is 195 Å². The summed E-state index contributed by atoms with van der Waals surface area (Å²) in [5.41, 5.74) is 8.13. The molecule has 0 radical (unpaired) electrons. The zero-order valence-corrected chi connectivity index (χ0v) is 18.7. The van der Waals surface area contributed by atoms with Crippen molar-refractivity contribution in [3.8, 4) is 11.1 Å². The first-order valence-electron chi connectivity index (χ1n) is 11.8. The van der Waals surface area contributed by atoms with Crippen molar-refractivity contribution in [3.63, 3.8) is 0 Å². The van der Waals surface area contributed by atoms with E-state index in [9.17, 15) is 0 Å². The molecule has 6 rings (SSSR count). The van der Waals surface area contributed by atoms with Gasteiger partial charge in [0.15, 0.2) is 0 Å². The topological polar surface area (TPSA) is 0 Å². The summed E-state index contributed by atoms with van der Waals surface area (Å²) < 4.78 is 0. The number of rotatable bonds is 4. The van der Waals surface area contributed by atoms with Crippen molar-refractivity contribution in [1.82, 2.24) is 0 Å². The Morgan fingerprint density at radius 3 is 2.18 bits per heavy atom. The van der Waals surface area contributed by atoms with Crippen LogP contribution in [0.3, 0.4) is 0 Å². The van der Waals surface area contributed by atoms with Crippen LogP contribution in [-0.2, 0) is 6.42 Å². The van der Waals surface area contributed by atoms with Gasteiger partial charge in [0.2, 0.25) is 0 Å². The molecule has 0 saturated carbocycles. The third-order valence-corrected chi connectivity index (χ3v) is 6.76. The van der Waals surface area contributed by atoms with Gasteiger partial charge in [0, 0.05) is 0 Å². The SMILES string of the molecule is C1=c2ccccc2=C(c2cccc(Cc3cccc(-c4cccc5ccccc45)c3)c2)CC1. The molecule has 0 unspecified atom stereocenters. The van der Waals surface area contributed by atoms with Gasteiger partial charge in [-0.3, -0.25) is 0 Å². The summed E-state index contributed by atoms with van der Waals surface area (Å²) in [7, 11) is 0. The molecule has 0 saturated heterocycles. The summed E-state index contributed by atoms with van der Waals surface area (Å²) >= 11 is 0. The lowest BCUT2D eigenvalue weighted by molar-refractivity contribution is 1.07. The van der Waals surface area contributed by atoms with E-state index in [1.54, 1.807) is 0 Å². The summed E-state index contributed by atoms with van der Waals surface area (Å²) in [6.07, 6.45) is 5.52. The van der Waals surface area contributed by atoms with Crippen LogP contribution in [0.4, 0.5) is 0 Å². The summed E-state index contributed by atoms with van der Waals surface area (Å²) in [6, 6.07) is 42.2. The van der Waals surface area contributed by atoms with E-state index in [2.05, 4.69) is 121 Å². The van der Waals surface area contributed by atoms with E-state index in [0.717, 1.165) is 19.3 Å². The Balaban J connectivity index is 1.36. The van der Waals surface area contributed by atoms with Crippen LogP contribution in [0.25, 0.3) is 33.5 Å². The Morgan fingerprint density at radius 1 is 0.576 bits per heavy atom. The van der Waals surface area contributed by atoms with E-state index in [-0.39, 0.29) is 0 Å². The quantitative estimate of drug-likeness (QED) is 0.296. The van der Waals surface area contributed by atoms with Crippen molar-refractivity contribution in [3.05, 3.63) is 142 Å². The molecule has 0 atom stereocenters. The second kappa shape index (κ2) is 8.56. The lowest BCUT2D eigenvalue weighted by Gasteiger charge is -2.13. The van der Waals surface area contributed by atoms with E-state index < -0.39 is 0 Å². The molecule has 5 aromatic carbocycles. The van der Waals surface area contributed by atoms with Gasteiger partial charge in [-0.15, -0.1) is 0 Å². The second-order valence-electron chi connectivity index (χ2n) is 8.91. The van der Waals surface area contributed by atoms with E-state index in [0.29, 0.717) is 0 Å². The van der Waals surface area contributed by atoms with Crippen molar-refractivity contribution < 1.29 is 0 Å². The summed E-state index contributed by atoms with van der Waals surface area (Å²) in [4.78, 5) is 0. The lowest BCUT2D eigenvalue weighted by Crippen LogP contribution is -2.29. The molecule has 0 heteroatoms.